The molecule has 1 saturated carbocycles. The Hall–Kier alpha value is -3.23. The summed E-state index contributed by atoms with van der Waals surface area (Å²) in [5, 5.41) is 0. The molecule has 33 heavy (non-hydrogen) atoms. The minimum Gasteiger partial charge on any atom is -0.397 e. The monoisotopic (exact) mass is 446 g/mol. The number of nitrogens with two attached hydrogens (primary N) is 1. The highest BCUT2D eigenvalue weighted by Crippen LogP contribution is 2.42. The molecule has 0 atom stereocenters. The molecule has 5 rings (SSSR count). The average molecular weight is 447 g/mol. The number of hydrogen-bond acceptors (Lipinski definition) is 7. The topological polar surface area (TPSA) is 90.8 Å². The van der Waals surface area contributed by atoms with Crippen molar-refractivity contribution in [3.05, 3.63) is 54.0 Å². The van der Waals surface area contributed by atoms with Crippen LogP contribution in [0.1, 0.15) is 30.5 Å². The van der Waals surface area contributed by atoms with Crippen molar-refractivity contribution in [2.75, 3.05) is 38.3 Å². The van der Waals surface area contributed by atoms with Crippen LogP contribution in [0.15, 0.2) is 47.7 Å². The SMILES string of the molecule is COC1(n2cnc3c(N4CCOCC4)cc(/C(N)=C/C=Nc4cccc(C)c4)nc32)CCC1. The Morgan fingerprint density at radius 3 is 2.76 bits per heavy atom. The number of methoxy groups -OCH3 is 1. The first-order chi connectivity index (χ1) is 16.1. The average Bonchev–Trinajstić information content (AvgIpc) is 3.23. The zero-order valence-corrected chi connectivity index (χ0v) is 19.2. The number of pyridine rings is 1. The van der Waals surface area contributed by atoms with E-state index in [2.05, 4.69) is 14.5 Å². The van der Waals surface area contributed by atoms with Crippen LogP contribution in [-0.4, -0.2) is 54.2 Å². The Kier molecular flexibility index (Phi) is 5.86. The molecule has 1 aromatic carbocycles. The summed E-state index contributed by atoms with van der Waals surface area (Å²) in [5.74, 6) is 0. The lowest BCUT2D eigenvalue weighted by Gasteiger charge is -2.41. The zero-order valence-electron chi connectivity index (χ0n) is 19.2. The minimum absolute atomic E-state index is 0.381. The van der Waals surface area contributed by atoms with E-state index in [-0.39, 0.29) is 5.72 Å². The molecule has 0 bridgehead atoms. The number of nitrogens with zero attached hydrogens (tertiary/aromatic N) is 5. The van der Waals surface area contributed by atoms with E-state index in [1.165, 1.54) is 5.56 Å². The zero-order chi connectivity index (χ0) is 22.8. The molecule has 0 unspecified atom stereocenters. The van der Waals surface area contributed by atoms with Crippen molar-refractivity contribution in [2.45, 2.75) is 31.9 Å². The fraction of sp³-hybridized carbons (Fsp3) is 0.400. The molecule has 0 radical (unpaired) electrons. The van der Waals surface area contributed by atoms with Crippen LogP contribution in [0.5, 0.6) is 0 Å². The molecule has 0 spiro atoms. The summed E-state index contributed by atoms with van der Waals surface area (Å²) in [5.41, 5.74) is 12.1. The van der Waals surface area contributed by atoms with Crippen molar-refractivity contribution in [3.8, 4) is 0 Å². The van der Waals surface area contributed by atoms with Crippen molar-refractivity contribution >= 4 is 34.5 Å². The molecule has 1 saturated heterocycles. The molecule has 2 N–H and O–H groups in total. The second kappa shape index (κ2) is 8.96. The van der Waals surface area contributed by atoms with Gasteiger partial charge in [0.25, 0.3) is 0 Å². The number of morpholine rings is 1. The third kappa shape index (κ3) is 4.12. The van der Waals surface area contributed by atoms with Gasteiger partial charge in [-0.05, 0) is 56.0 Å². The highest BCUT2D eigenvalue weighted by Gasteiger charge is 2.40. The normalized spacial score (nSPS) is 18.7. The van der Waals surface area contributed by atoms with Gasteiger partial charge < -0.3 is 20.1 Å². The first-order valence-corrected chi connectivity index (χ1v) is 11.4. The number of anilines is 1. The van der Waals surface area contributed by atoms with Gasteiger partial charge >= 0.3 is 0 Å². The van der Waals surface area contributed by atoms with Crippen molar-refractivity contribution in [1.82, 2.24) is 14.5 Å². The van der Waals surface area contributed by atoms with Crippen molar-refractivity contribution in [1.29, 1.82) is 0 Å². The second-order valence-electron chi connectivity index (χ2n) is 8.66. The molecule has 1 aliphatic heterocycles. The highest BCUT2D eigenvalue weighted by atomic mass is 16.5. The number of aliphatic imine (C=N–C) groups is 1. The second-order valence-corrected chi connectivity index (χ2v) is 8.66. The van der Waals surface area contributed by atoms with Crippen LogP contribution < -0.4 is 10.6 Å². The molecular weight excluding hydrogens is 416 g/mol. The number of hydrogen-bond donors (Lipinski definition) is 1. The number of aryl methyl sites for hydroxylation is 1. The summed E-state index contributed by atoms with van der Waals surface area (Å²) in [6.07, 6.45) is 8.40. The van der Waals surface area contributed by atoms with Gasteiger partial charge in [-0.2, -0.15) is 0 Å². The lowest BCUT2D eigenvalue weighted by atomic mass is 9.87. The molecule has 0 amide bonds. The first kappa shape index (κ1) is 21.6. The van der Waals surface area contributed by atoms with Crippen molar-refractivity contribution in [3.63, 3.8) is 0 Å². The van der Waals surface area contributed by atoms with Gasteiger partial charge in [0, 0.05) is 26.4 Å². The molecule has 2 aromatic heterocycles. The molecule has 3 aromatic rings. The molecule has 172 valence electrons. The van der Waals surface area contributed by atoms with Gasteiger partial charge in [0.05, 0.1) is 42.3 Å². The number of ether oxygens (including phenoxy) is 2. The van der Waals surface area contributed by atoms with E-state index in [9.17, 15) is 0 Å². The maximum atomic E-state index is 6.49. The number of fused-ring (bicyclic) bond motifs is 1. The Labute approximate surface area is 193 Å². The fourth-order valence-corrected chi connectivity index (χ4v) is 4.49. The van der Waals surface area contributed by atoms with Crippen molar-refractivity contribution < 1.29 is 9.47 Å². The maximum absolute atomic E-state index is 6.49. The Bertz CT molecular complexity index is 1200. The highest BCUT2D eigenvalue weighted by molar-refractivity contribution is 5.91. The predicted molar refractivity (Wildman–Crippen MR) is 131 cm³/mol. The van der Waals surface area contributed by atoms with Crippen LogP contribution in [0.25, 0.3) is 16.9 Å². The van der Waals surface area contributed by atoms with Crippen molar-refractivity contribution in [2.24, 2.45) is 10.7 Å². The van der Waals surface area contributed by atoms with E-state index in [4.69, 9.17) is 25.2 Å². The minimum atomic E-state index is -0.381. The number of allylic oxidation sites excluding steroid dienone is 1. The van der Waals surface area contributed by atoms with Crippen LogP contribution in [-0.2, 0) is 15.2 Å². The standard InChI is InChI=1S/C25H30N6O2/c1-18-5-3-6-19(15-18)27-10-7-20(26)21-16-22(30-11-13-33-14-12-30)23-24(29-21)31(17-28-23)25(32-2)8-4-9-25/h3,5-7,10,15-17H,4,8-9,11-14,26H2,1-2H3/b20-7-,27-10?. The molecule has 3 heterocycles. The van der Waals surface area contributed by atoms with Gasteiger partial charge in [0.15, 0.2) is 5.65 Å². The van der Waals surface area contributed by atoms with E-state index in [0.717, 1.165) is 54.9 Å². The lowest BCUT2D eigenvalue weighted by molar-refractivity contribution is -0.135. The van der Waals surface area contributed by atoms with Crippen LogP contribution in [0.4, 0.5) is 11.4 Å². The predicted octanol–water partition coefficient (Wildman–Crippen LogP) is 3.76. The van der Waals surface area contributed by atoms with Gasteiger partial charge in [0.2, 0.25) is 0 Å². The van der Waals surface area contributed by atoms with Gasteiger partial charge in [-0.25, -0.2) is 9.97 Å². The smallest absolute Gasteiger partial charge is 0.165 e. The quantitative estimate of drug-likeness (QED) is 0.580. The van der Waals surface area contributed by atoms with Gasteiger partial charge in [0.1, 0.15) is 11.2 Å². The van der Waals surface area contributed by atoms with E-state index < -0.39 is 0 Å². The summed E-state index contributed by atoms with van der Waals surface area (Å²) in [7, 11) is 1.76. The number of rotatable bonds is 6. The molecule has 2 fully saturated rings. The summed E-state index contributed by atoms with van der Waals surface area (Å²) < 4.78 is 13.6. The van der Waals surface area contributed by atoms with E-state index in [1.54, 1.807) is 19.4 Å². The third-order valence-electron chi connectivity index (χ3n) is 6.57. The van der Waals surface area contributed by atoms with E-state index in [1.807, 2.05) is 43.6 Å². The Balaban J connectivity index is 1.56. The van der Waals surface area contributed by atoms with Crippen LogP contribution >= 0.6 is 0 Å². The molecule has 8 nitrogen and oxygen atoms in total. The molecule has 8 heteroatoms. The lowest BCUT2D eigenvalue weighted by Crippen LogP contribution is -2.42. The Morgan fingerprint density at radius 2 is 2.06 bits per heavy atom. The number of benzene rings is 1. The summed E-state index contributed by atoms with van der Waals surface area (Å²) in [6.45, 7) is 5.04. The Morgan fingerprint density at radius 1 is 1.24 bits per heavy atom. The van der Waals surface area contributed by atoms with Gasteiger partial charge in [-0.15, -0.1) is 0 Å². The largest absolute Gasteiger partial charge is 0.397 e. The van der Waals surface area contributed by atoms with Crippen LogP contribution in [0, 0.1) is 6.92 Å². The van der Waals surface area contributed by atoms with E-state index in [0.29, 0.717) is 24.6 Å². The van der Waals surface area contributed by atoms with Gasteiger partial charge in [-0.1, -0.05) is 12.1 Å². The van der Waals surface area contributed by atoms with Crippen LogP contribution in [0.3, 0.4) is 0 Å². The summed E-state index contributed by atoms with van der Waals surface area (Å²) in [4.78, 5) is 16.5. The number of aromatic nitrogens is 3. The third-order valence-corrected chi connectivity index (χ3v) is 6.57. The molecule has 1 aliphatic carbocycles. The van der Waals surface area contributed by atoms with Crippen LogP contribution in [0.2, 0.25) is 0 Å². The maximum Gasteiger partial charge on any atom is 0.165 e. The summed E-state index contributed by atoms with van der Waals surface area (Å²) >= 11 is 0. The summed E-state index contributed by atoms with van der Waals surface area (Å²) in [6, 6.07) is 10.1. The number of imidazole rings is 1. The first-order valence-electron chi connectivity index (χ1n) is 11.4. The fourth-order valence-electron chi connectivity index (χ4n) is 4.49. The molecular formula is C25H30N6O2. The molecule has 2 aliphatic rings. The van der Waals surface area contributed by atoms with Gasteiger partial charge in [-0.3, -0.25) is 9.56 Å². The van der Waals surface area contributed by atoms with E-state index >= 15 is 0 Å².